The number of rotatable bonds is 6. The number of aromatic nitrogens is 4. The molecule has 4 rings (SSSR count). The predicted molar refractivity (Wildman–Crippen MR) is 107 cm³/mol. The second kappa shape index (κ2) is 7.98. The van der Waals surface area contributed by atoms with Crippen molar-refractivity contribution in [1.82, 2.24) is 19.7 Å². The van der Waals surface area contributed by atoms with Gasteiger partial charge in [0.25, 0.3) is 0 Å². The molecule has 2 aromatic carbocycles. The number of imidazole rings is 1. The highest BCUT2D eigenvalue weighted by Crippen LogP contribution is 2.26. The van der Waals surface area contributed by atoms with Crippen LogP contribution in [0.3, 0.4) is 0 Å². The monoisotopic (exact) mass is 442 g/mol. The average molecular weight is 443 g/mol. The van der Waals surface area contributed by atoms with Gasteiger partial charge < -0.3 is 9.26 Å². The van der Waals surface area contributed by atoms with Crippen LogP contribution in [0.5, 0.6) is 5.75 Å². The lowest BCUT2D eigenvalue weighted by Crippen LogP contribution is -1.95. The predicted octanol–water partition coefficient (Wildman–Crippen LogP) is 4.99. The molecule has 0 aliphatic carbocycles. The Kier molecular flexibility index (Phi) is 5.26. The molecule has 0 spiro atoms. The molecule has 0 saturated carbocycles. The molecule has 0 fully saturated rings. The largest absolute Gasteiger partial charge is 0.497 e. The second-order valence-corrected chi connectivity index (χ2v) is 7.44. The third-order valence-corrected chi connectivity index (χ3v) is 5.33. The van der Waals surface area contributed by atoms with E-state index in [-0.39, 0.29) is 0 Å². The first kappa shape index (κ1) is 17.8. The van der Waals surface area contributed by atoms with Gasteiger partial charge in [-0.3, -0.25) is 4.57 Å². The van der Waals surface area contributed by atoms with Crippen LogP contribution < -0.4 is 4.74 Å². The lowest BCUT2D eigenvalue weighted by molar-refractivity contribution is 0.391. The van der Waals surface area contributed by atoms with E-state index in [2.05, 4.69) is 31.1 Å². The van der Waals surface area contributed by atoms with Crippen molar-refractivity contribution in [1.29, 1.82) is 0 Å². The molecule has 0 aliphatic rings. The zero-order chi connectivity index (χ0) is 18.6. The molecule has 8 heteroatoms. The molecule has 27 heavy (non-hydrogen) atoms. The molecule has 2 heterocycles. The SMILES string of the molecule is COc1ccc(-c2noc(CSc3nccn3-c3ccc(Br)cc3)n2)cc1. The topological polar surface area (TPSA) is 66.0 Å². The van der Waals surface area contributed by atoms with Crippen LogP contribution in [-0.2, 0) is 5.75 Å². The molecule has 0 saturated heterocycles. The van der Waals surface area contributed by atoms with Crippen molar-refractivity contribution in [3.8, 4) is 22.8 Å². The van der Waals surface area contributed by atoms with Gasteiger partial charge in [0.2, 0.25) is 11.7 Å². The highest BCUT2D eigenvalue weighted by Gasteiger charge is 2.12. The molecule has 0 aliphatic heterocycles. The minimum atomic E-state index is 0.538. The molecule has 4 aromatic rings. The molecule has 0 radical (unpaired) electrons. The van der Waals surface area contributed by atoms with Gasteiger partial charge in [-0.1, -0.05) is 32.8 Å². The van der Waals surface area contributed by atoms with Gasteiger partial charge in [-0.25, -0.2) is 4.98 Å². The number of benzene rings is 2. The van der Waals surface area contributed by atoms with Gasteiger partial charge in [-0.05, 0) is 48.5 Å². The van der Waals surface area contributed by atoms with Crippen LogP contribution in [0.2, 0.25) is 0 Å². The number of thioether (sulfide) groups is 1. The summed E-state index contributed by atoms with van der Waals surface area (Å²) in [5.74, 6) is 2.44. The Morgan fingerprint density at radius 1 is 1.11 bits per heavy atom. The van der Waals surface area contributed by atoms with E-state index < -0.39 is 0 Å². The Morgan fingerprint density at radius 3 is 2.63 bits per heavy atom. The lowest BCUT2D eigenvalue weighted by atomic mass is 10.2. The fourth-order valence-electron chi connectivity index (χ4n) is 2.49. The molecule has 0 amide bonds. The fourth-order valence-corrected chi connectivity index (χ4v) is 3.57. The van der Waals surface area contributed by atoms with Gasteiger partial charge >= 0.3 is 0 Å². The zero-order valence-corrected chi connectivity index (χ0v) is 16.8. The number of ether oxygens (including phenoxy) is 1. The molecule has 0 bridgehead atoms. The fraction of sp³-hybridized carbons (Fsp3) is 0.105. The molecule has 0 atom stereocenters. The Bertz CT molecular complexity index is 1030. The maximum atomic E-state index is 5.38. The Labute approximate surface area is 168 Å². The van der Waals surface area contributed by atoms with Crippen molar-refractivity contribution in [2.24, 2.45) is 0 Å². The number of halogens is 1. The summed E-state index contributed by atoms with van der Waals surface area (Å²) in [7, 11) is 1.64. The van der Waals surface area contributed by atoms with Gasteiger partial charge in [-0.15, -0.1) is 0 Å². The van der Waals surface area contributed by atoms with E-state index in [1.54, 1.807) is 25.1 Å². The van der Waals surface area contributed by atoms with E-state index in [1.165, 1.54) is 0 Å². The third kappa shape index (κ3) is 4.06. The Balaban J connectivity index is 1.46. The first-order valence-corrected chi connectivity index (χ1v) is 9.90. The average Bonchev–Trinajstić information content (AvgIpc) is 3.36. The van der Waals surface area contributed by atoms with Crippen molar-refractivity contribution < 1.29 is 9.26 Å². The molecule has 2 aromatic heterocycles. The van der Waals surface area contributed by atoms with E-state index in [4.69, 9.17) is 9.26 Å². The molecule has 136 valence electrons. The smallest absolute Gasteiger partial charge is 0.237 e. The summed E-state index contributed by atoms with van der Waals surface area (Å²) in [6.45, 7) is 0. The summed E-state index contributed by atoms with van der Waals surface area (Å²) in [4.78, 5) is 8.89. The summed E-state index contributed by atoms with van der Waals surface area (Å²) in [6, 6.07) is 15.6. The maximum absolute atomic E-state index is 5.38. The van der Waals surface area contributed by atoms with Gasteiger partial charge in [0.15, 0.2) is 5.16 Å². The van der Waals surface area contributed by atoms with Gasteiger partial charge in [0.05, 0.1) is 12.9 Å². The molecule has 0 N–H and O–H groups in total. The number of nitrogens with zero attached hydrogens (tertiary/aromatic N) is 4. The van der Waals surface area contributed by atoms with E-state index in [1.807, 2.05) is 59.3 Å². The van der Waals surface area contributed by atoms with Gasteiger partial charge in [0, 0.05) is 28.1 Å². The number of hydrogen-bond acceptors (Lipinski definition) is 6. The number of hydrogen-bond donors (Lipinski definition) is 0. The zero-order valence-electron chi connectivity index (χ0n) is 14.4. The standard InChI is InChI=1S/C19H15BrN4O2S/c1-25-16-8-2-13(3-9-16)18-22-17(26-23-18)12-27-19-21-10-11-24(19)15-6-4-14(20)5-7-15/h2-11H,12H2,1H3. The van der Waals surface area contributed by atoms with Gasteiger partial charge in [0.1, 0.15) is 5.75 Å². The van der Waals surface area contributed by atoms with Crippen molar-refractivity contribution in [3.63, 3.8) is 0 Å². The van der Waals surface area contributed by atoms with Crippen LogP contribution in [0, 0.1) is 0 Å². The Morgan fingerprint density at radius 2 is 1.89 bits per heavy atom. The van der Waals surface area contributed by atoms with Crippen molar-refractivity contribution >= 4 is 27.7 Å². The van der Waals surface area contributed by atoms with Crippen LogP contribution >= 0.6 is 27.7 Å². The maximum Gasteiger partial charge on any atom is 0.237 e. The van der Waals surface area contributed by atoms with Crippen LogP contribution in [-0.4, -0.2) is 26.8 Å². The first-order chi connectivity index (χ1) is 13.2. The van der Waals surface area contributed by atoms with E-state index in [0.717, 1.165) is 26.6 Å². The van der Waals surface area contributed by atoms with Gasteiger partial charge in [-0.2, -0.15) is 4.98 Å². The highest BCUT2D eigenvalue weighted by atomic mass is 79.9. The van der Waals surface area contributed by atoms with Crippen LogP contribution in [0.25, 0.3) is 17.1 Å². The summed E-state index contributed by atoms with van der Waals surface area (Å²) in [6.07, 6.45) is 3.71. The third-order valence-electron chi connectivity index (χ3n) is 3.85. The van der Waals surface area contributed by atoms with Crippen LogP contribution in [0.15, 0.2) is 75.1 Å². The summed E-state index contributed by atoms with van der Waals surface area (Å²) >= 11 is 5.00. The number of methoxy groups -OCH3 is 1. The van der Waals surface area contributed by atoms with E-state index in [0.29, 0.717) is 17.5 Å². The van der Waals surface area contributed by atoms with Crippen LogP contribution in [0.4, 0.5) is 0 Å². The Hall–Kier alpha value is -2.58. The molecular formula is C19H15BrN4O2S. The molecule has 6 nitrogen and oxygen atoms in total. The minimum Gasteiger partial charge on any atom is -0.497 e. The van der Waals surface area contributed by atoms with Crippen molar-refractivity contribution in [2.75, 3.05) is 7.11 Å². The first-order valence-electron chi connectivity index (χ1n) is 8.12. The van der Waals surface area contributed by atoms with Crippen molar-refractivity contribution in [2.45, 2.75) is 10.9 Å². The molecule has 0 unspecified atom stereocenters. The molecular weight excluding hydrogens is 428 g/mol. The van der Waals surface area contributed by atoms with E-state index in [9.17, 15) is 0 Å². The lowest BCUT2D eigenvalue weighted by Gasteiger charge is -2.06. The highest BCUT2D eigenvalue weighted by molar-refractivity contribution is 9.10. The van der Waals surface area contributed by atoms with E-state index >= 15 is 0 Å². The summed E-state index contributed by atoms with van der Waals surface area (Å²) in [5.41, 5.74) is 1.93. The summed E-state index contributed by atoms with van der Waals surface area (Å²) < 4.78 is 13.6. The summed E-state index contributed by atoms with van der Waals surface area (Å²) in [5, 5.41) is 4.92. The van der Waals surface area contributed by atoms with Crippen LogP contribution in [0.1, 0.15) is 5.89 Å². The second-order valence-electron chi connectivity index (χ2n) is 5.59. The quantitative estimate of drug-likeness (QED) is 0.392. The van der Waals surface area contributed by atoms with Crippen molar-refractivity contribution in [3.05, 3.63) is 71.3 Å². The minimum absolute atomic E-state index is 0.538. The normalized spacial score (nSPS) is 10.9.